The Morgan fingerprint density at radius 3 is 2.72 bits per heavy atom. The smallest absolute Gasteiger partial charge is 0.223 e. The molecule has 18 heavy (non-hydrogen) atoms. The molecular formula is C13H18N2O3. The Labute approximate surface area is 106 Å². The summed E-state index contributed by atoms with van der Waals surface area (Å²) < 4.78 is 7.38. The molecule has 98 valence electrons. The van der Waals surface area contributed by atoms with Gasteiger partial charge in [-0.2, -0.15) is 0 Å². The van der Waals surface area contributed by atoms with Crippen molar-refractivity contribution in [3.63, 3.8) is 0 Å². The summed E-state index contributed by atoms with van der Waals surface area (Å²) in [5.41, 5.74) is 0.720. The molecule has 0 radical (unpaired) electrons. The quantitative estimate of drug-likeness (QED) is 0.859. The van der Waals surface area contributed by atoms with Crippen LogP contribution in [0.3, 0.4) is 0 Å². The van der Waals surface area contributed by atoms with Gasteiger partial charge >= 0.3 is 0 Å². The van der Waals surface area contributed by atoms with E-state index in [1.807, 2.05) is 0 Å². The third kappa shape index (κ3) is 2.42. The third-order valence-corrected chi connectivity index (χ3v) is 3.57. The van der Waals surface area contributed by atoms with Gasteiger partial charge in [-0.3, -0.25) is 9.69 Å². The van der Waals surface area contributed by atoms with Crippen LogP contribution in [-0.4, -0.2) is 40.9 Å². The fourth-order valence-corrected chi connectivity index (χ4v) is 2.39. The largest absolute Gasteiger partial charge is 0.503 e. The van der Waals surface area contributed by atoms with E-state index < -0.39 is 0 Å². The van der Waals surface area contributed by atoms with Gasteiger partial charge in [0.25, 0.3) is 0 Å². The van der Waals surface area contributed by atoms with Gasteiger partial charge in [0.1, 0.15) is 0 Å². The minimum Gasteiger partial charge on any atom is -0.503 e. The van der Waals surface area contributed by atoms with Crippen molar-refractivity contribution in [1.82, 2.24) is 9.47 Å². The molecule has 2 aliphatic rings. The highest BCUT2D eigenvalue weighted by atomic mass is 16.5. The van der Waals surface area contributed by atoms with E-state index in [0.717, 1.165) is 51.4 Å². The molecule has 3 rings (SSSR count). The van der Waals surface area contributed by atoms with E-state index in [-0.39, 0.29) is 11.2 Å². The number of aromatic hydroxyl groups is 1. The highest BCUT2D eigenvalue weighted by Crippen LogP contribution is 2.36. The van der Waals surface area contributed by atoms with Crippen molar-refractivity contribution < 1.29 is 9.84 Å². The van der Waals surface area contributed by atoms with Crippen LogP contribution in [0.4, 0.5) is 0 Å². The van der Waals surface area contributed by atoms with Gasteiger partial charge in [-0.25, -0.2) is 0 Å². The summed E-state index contributed by atoms with van der Waals surface area (Å²) in [7, 11) is 0. The van der Waals surface area contributed by atoms with Gasteiger partial charge in [0, 0.05) is 37.4 Å². The van der Waals surface area contributed by atoms with Gasteiger partial charge in [0.05, 0.1) is 19.4 Å². The first-order valence-electron chi connectivity index (χ1n) is 6.48. The van der Waals surface area contributed by atoms with Crippen LogP contribution in [0, 0.1) is 0 Å². The maximum absolute atomic E-state index is 11.6. The second-order valence-electron chi connectivity index (χ2n) is 5.04. The predicted molar refractivity (Wildman–Crippen MR) is 66.7 cm³/mol. The number of ether oxygens (including phenoxy) is 1. The molecule has 1 N–H and O–H groups in total. The molecule has 1 saturated heterocycles. The van der Waals surface area contributed by atoms with E-state index in [4.69, 9.17) is 4.74 Å². The van der Waals surface area contributed by atoms with E-state index >= 15 is 0 Å². The lowest BCUT2D eigenvalue weighted by Gasteiger charge is -2.27. The summed E-state index contributed by atoms with van der Waals surface area (Å²) in [5, 5.41) is 9.54. The Kier molecular flexibility index (Phi) is 3.09. The molecule has 5 heteroatoms. The Bertz CT molecular complexity index is 487. The summed E-state index contributed by atoms with van der Waals surface area (Å²) in [5.74, 6) is -0.146. The summed E-state index contributed by atoms with van der Waals surface area (Å²) in [6.07, 6.45) is 3.87. The number of rotatable bonds is 3. The zero-order valence-electron chi connectivity index (χ0n) is 10.3. The molecule has 1 saturated carbocycles. The van der Waals surface area contributed by atoms with E-state index in [1.165, 1.54) is 0 Å². The van der Waals surface area contributed by atoms with Gasteiger partial charge in [-0.15, -0.1) is 0 Å². The molecule has 0 atom stereocenters. The van der Waals surface area contributed by atoms with Gasteiger partial charge < -0.3 is 14.4 Å². The normalized spacial score (nSPS) is 21.1. The highest BCUT2D eigenvalue weighted by Gasteiger charge is 2.26. The zero-order chi connectivity index (χ0) is 12.5. The van der Waals surface area contributed by atoms with Crippen LogP contribution < -0.4 is 5.43 Å². The molecule has 1 aliphatic heterocycles. The number of aromatic nitrogens is 1. The molecular weight excluding hydrogens is 232 g/mol. The second-order valence-corrected chi connectivity index (χ2v) is 5.04. The summed E-state index contributed by atoms with van der Waals surface area (Å²) in [6.45, 7) is 4.08. The maximum atomic E-state index is 11.6. The van der Waals surface area contributed by atoms with Crippen LogP contribution in [0.5, 0.6) is 5.75 Å². The van der Waals surface area contributed by atoms with E-state index in [9.17, 15) is 9.90 Å². The van der Waals surface area contributed by atoms with Gasteiger partial charge in [0.2, 0.25) is 5.43 Å². The van der Waals surface area contributed by atoms with Crippen molar-refractivity contribution in [3.05, 3.63) is 28.2 Å². The lowest BCUT2D eigenvalue weighted by molar-refractivity contribution is 0.0330. The van der Waals surface area contributed by atoms with Crippen LogP contribution in [0.15, 0.2) is 17.1 Å². The molecule has 0 bridgehead atoms. The SMILES string of the molecule is O=c1cc(CN2CCOCC2)n(C2CC2)cc1O. The fourth-order valence-electron chi connectivity index (χ4n) is 2.39. The van der Waals surface area contributed by atoms with Crippen molar-refractivity contribution in [2.45, 2.75) is 25.4 Å². The topological polar surface area (TPSA) is 54.7 Å². The minimum atomic E-state index is -0.282. The van der Waals surface area contributed by atoms with Crippen molar-refractivity contribution in [2.24, 2.45) is 0 Å². The Morgan fingerprint density at radius 2 is 2.06 bits per heavy atom. The molecule has 5 nitrogen and oxygen atoms in total. The van der Waals surface area contributed by atoms with Gasteiger partial charge in [-0.1, -0.05) is 0 Å². The first-order chi connectivity index (χ1) is 8.74. The standard InChI is InChI=1S/C13H18N2O3/c16-12-7-11(8-14-3-5-18-6-4-14)15(9-13(12)17)10-1-2-10/h7,9-10,17H,1-6,8H2. The zero-order valence-corrected chi connectivity index (χ0v) is 10.3. The van der Waals surface area contributed by atoms with E-state index in [0.29, 0.717) is 6.04 Å². The number of hydrogen-bond donors (Lipinski definition) is 1. The monoisotopic (exact) mass is 250 g/mol. The molecule has 0 aromatic carbocycles. The Balaban J connectivity index is 1.84. The molecule has 2 heterocycles. The first kappa shape index (κ1) is 11.7. The van der Waals surface area contributed by atoms with Crippen molar-refractivity contribution in [2.75, 3.05) is 26.3 Å². The number of morpholine rings is 1. The predicted octanol–water partition coefficient (Wildman–Crippen LogP) is 0.721. The third-order valence-electron chi connectivity index (χ3n) is 3.57. The average Bonchev–Trinajstić information content (AvgIpc) is 3.19. The number of hydrogen-bond acceptors (Lipinski definition) is 4. The Hall–Kier alpha value is -1.33. The minimum absolute atomic E-state index is 0.146. The van der Waals surface area contributed by atoms with Crippen LogP contribution in [0.2, 0.25) is 0 Å². The van der Waals surface area contributed by atoms with Crippen molar-refractivity contribution in [3.8, 4) is 5.75 Å². The average molecular weight is 250 g/mol. The molecule has 1 aliphatic carbocycles. The van der Waals surface area contributed by atoms with E-state index in [1.54, 1.807) is 12.3 Å². The Morgan fingerprint density at radius 1 is 1.33 bits per heavy atom. The van der Waals surface area contributed by atoms with Gasteiger partial charge in [0.15, 0.2) is 5.75 Å². The van der Waals surface area contributed by atoms with Crippen molar-refractivity contribution >= 4 is 0 Å². The lowest BCUT2D eigenvalue weighted by Crippen LogP contribution is -2.36. The summed E-state index contributed by atoms with van der Waals surface area (Å²) >= 11 is 0. The maximum Gasteiger partial charge on any atom is 0.223 e. The van der Waals surface area contributed by atoms with Crippen LogP contribution in [0.1, 0.15) is 24.6 Å². The highest BCUT2D eigenvalue weighted by molar-refractivity contribution is 5.22. The number of pyridine rings is 1. The lowest BCUT2D eigenvalue weighted by atomic mass is 10.2. The molecule has 2 fully saturated rings. The molecule has 0 spiro atoms. The molecule has 0 unspecified atom stereocenters. The van der Waals surface area contributed by atoms with Crippen LogP contribution in [0.25, 0.3) is 0 Å². The van der Waals surface area contributed by atoms with Crippen LogP contribution >= 0.6 is 0 Å². The first-order valence-corrected chi connectivity index (χ1v) is 6.48. The summed E-state index contributed by atoms with van der Waals surface area (Å²) in [6, 6.07) is 2.04. The molecule has 1 aromatic rings. The molecule has 1 aromatic heterocycles. The van der Waals surface area contributed by atoms with E-state index in [2.05, 4.69) is 9.47 Å². The fraction of sp³-hybridized carbons (Fsp3) is 0.615. The number of nitrogens with zero attached hydrogens (tertiary/aromatic N) is 2. The summed E-state index contributed by atoms with van der Waals surface area (Å²) in [4.78, 5) is 13.9. The van der Waals surface area contributed by atoms with Crippen molar-refractivity contribution in [1.29, 1.82) is 0 Å². The van der Waals surface area contributed by atoms with Gasteiger partial charge in [-0.05, 0) is 12.8 Å². The van der Waals surface area contributed by atoms with Crippen LogP contribution in [-0.2, 0) is 11.3 Å². The molecule has 0 amide bonds. The second kappa shape index (κ2) is 4.74.